The molecule has 0 aliphatic carbocycles. The second kappa shape index (κ2) is 7.32. The average molecular weight is 377 g/mol. The third-order valence-corrected chi connectivity index (χ3v) is 4.09. The van der Waals surface area contributed by atoms with E-state index in [1.165, 1.54) is 18.2 Å². The van der Waals surface area contributed by atoms with E-state index in [0.29, 0.717) is 28.6 Å². The van der Waals surface area contributed by atoms with Crippen molar-refractivity contribution >= 4 is 17.6 Å². The number of hydrogen-bond acceptors (Lipinski definition) is 5. The monoisotopic (exact) mass is 377 g/mol. The first-order valence-corrected chi connectivity index (χ1v) is 8.41. The molecule has 0 spiro atoms. The van der Waals surface area contributed by atoms with Gasteiger partial charge in [-0.2, -0.15) is 0 Å². The van der Waals surface area contributed by atoms with Crippen LogP contribution >= 0.6 is 0 Å². The zero-order valence-corrected chi connectivity index (χ0v) is 14.5. The number of carbonyl (C=O) groups excluding carboxylic acids is 1. The smallest absolute Gasteiger partial charge is 0.337 e. The lowest BCUT2D eigenvalue weighted by Gasteiger charge is -2.12. The van der Waals surface area contributed by atoms with Crippen LogP contribution in [0.4, 0.5) is 5.69 Å². The average Bonchev–Trinajstić information content (AvgIpc) is 3.16. The topological polar surface area (TPSA) is 94.1 Å². The molecule has 0 radical (unpaired) electrons. The summed E-state index contributed by atoms with van der Waals surface area (Å²) in [5.41, 5.74) is 0.517. The minimum atomic E-state index is -1.15. The zero-order chi connectivity index (χ0) is 19.5. The highest BCUT2D eigenvalue weighted by molar-refractivity contribution is 6.07. The van der Waals surface area contributed by atoms with Crippen molar-refractivity contribution in [3.63, 3.8) is 0 Å². The number of benzene rings is 3. The van der Waals surface area contributed by atoms with Crippen LogP contribution in [0.5, 0.6) is 23.0 Å². The van der Waals surface area contributed by atoms with E-state index in [0.717, 1.165) is 0 Å². The Bertz CT molecular complexity index is 1050. The van der Waals surface area contributed by atoms with Gasteiger partial charge in [-0.15, -0.1) is 0 Å². The van der Waals surface area contributed by atoms with E-state index < -0.39 is 11.9 Å². The van der Waals surface area contributed by atoms with Crippen molar-refractivity contribution in [2.45, 2.75) is 0 Å². The second-order valence-corrected chi connectivity index (χ2v) is 5.95. The largest absolute Gasteiger partial charge is 0.478 e. The Kier molecular flexibility index (Phi) is 4.55. The maximum Gasteiger partial charge on any atom is 0.337 e. The normalized spacial score (nSPS) is 11.7. The Morgan fingerprint density at radius 1 is 0.893 bits per heavy atom. The number of carbonyl (C=O) groups is 2. The highest BCUT2D eigenvalue weighted by atomic mass is 16.7. The maximum atomic E-state index is 12.4. The van der Waals surface area contributed by atoms with E-state index in [9.17, 15) is 14.7 Å². The molecular weight excluding hydrogens is 362 g/mol. The van der Waals surface area contributed by atoms with Crippen LogP contribution in [-0.4, -0.2) is 23.8 Å². The van der Waals surface area contributed by atoms with Gasteiger partial charge in [0.25, 0.3) is 5.91 Å². The summed E-state index contributed by atoms with van der Waals surface area (Å²) in [6, 6.07) is 18.0. The summed E-state index contributed by atoms with van der Waals surface area (Å²) in [5, 5.41) is 12.0. The number of anilines is 1. The van der Waals surface area contributed by atoms with Gasteiger partial charge in [-0.05, 0) is 36.4 Å². The summed E-state index contributed by atoms with van der Waals surface area (Å²) in [7, 11) is 0. The first-order valence-electron chi connectivity index (χ1n) is 8.41. The highest BCUT2D eigenvalue weighted by Gasteiger charge is 2.17. The van der Waals surface area contributed by atoms with E-state index in [-0.39, 0.29) is 18.0 Å². The van der Waals surface area contributed by atoms with Gasteiger partial charge in [-0.25, -0.2) is 4.79 Å². The molecule has 1 aliphatic rings. The Morgan fingerprint density at radius 2 is 1.61 bits per heavy atom. The molecule has 0 aromatic heterocycles. The highest BCUT2D eigenvalue weighted by Crippen LogP contribution is 2.37. The van der Waals surface area contributed by atoms with Crippen LogP contribution in [0.25, 0.3) is 0 Å². The van der Waals surface area contributed by atoms with E-state index >= 15 is 0 Å². The molecule has 0 fully saturated rings. The van der Waals surface area contributed by atoms with Crippen LogP contribution in [0.15, 0.2) is 66.7 Å². The fourth-order valence-corrected chi connectivity index (χ4v) is 2.74. The molecule has 2 N–H and O–H groups in total. The van der Waals surface area contributed by atoms with Crippen molar-refractivity contribution < 1.29 is 28.9 Å². The van der Waals surface area contributed by atoms with Crippen LogP contribution in [0.1, 0.15) is 20.7 Å². The Morgan fingerprint density at radius 3 is 2.39 bits per heavy atom. The van der Waals surface area contributed by atoms with Crippen molar-refractivity contribution in [3.8, 4) is 23.0 Å². The van der Waals surface area contributed by atoms with Gasteiger partial charge in [0.15, 0.2) is 11.5 Å². The summed E-state index contributed by atoms with van der Waals surface area (Å²) >= 11 is 0. The SMILES string of the molecule is O=C(Nc1cc(Oc2ccc3c(c2)OCO3)ccc1C(=O)O)c1ccccc1. The molecule has 7 heteroatoms. The lowest BCUT2D eigenvalue weighted by atomic mass is 10.1. The van der Waals surface area contributed by atoms with E-state index in [1.54, 1.807) is 48.5 Å². The Balaban J connectivity index is 1.60. The van der Waals surface area contributed by atoms with Gasteiger partial charge in [-0.1, -0.05) is 18.2 Å². The third-order valence-electron chi connectivity index (χ3n) is 4.09. The van der Waals surface area contributed by atoms with Gasteiger partial charge < -0.3 is 24.6 Å². The van der Waals surface area contributed by atoms with Crippen LogP contribution in [0, 0.1) is 0 Å². The van der Waals surface area contributed by atoms with Gasteiger partial charge in [0, 0.05) is 17.7 Å². The van der Waals surface area contributed by atoms with Crippen LogP contribution in [0.3, 0.4) is 0 Å². The van der Waals surface area contributed by atoms with Crippen molar-refractivity contribution in [1.29, 1.82) is 0 Å². The lowest BCUT2D eigenvalue weighted by molar-refractivity contribution is 0.0698. The first kappa shape index (κ1) is 17.4. The molecule has 0 unspecified atom stereocenters. The van der Waals surface area contributed by atoms with Crippen molar-refractivity contribution in [2.24, 2.45) is 0 Å². The number of carboxylic acids is 1. The van der Waals surface area contributed by atoms with E-state index in [4.69, 9.17) is 14.2 Å². The molecular formula is C21H15NO6. The summed E-state index contributed by atoms with van der Waals surface area (Å²) in [4.78, 5) is 23.9. The van der Waals surface area contributed by atoms with Gasteiger partial charge in [0.2, 0.25) is 6.79 Å². The van der Waals surface area contributed by atoms with Gasteiger partial charge in [0.05, 0.1) is 11.3 Å². The number of hydrogen-bond donors (Lipinski definition) is 2. The lowest BCUT2D eigenvalue weighted by Crippen LogP contribution is -2.14. The number of ether oxygens (including phenoxy) is 3. The summed E-state index contributed by atoms with van der Waals surface area (Å²) in [5.74, 6) is 0.489. The van der Waals surface area contributed by atoms with Crippen LogP contribution < -0.4 is 19.5 Å². The Labute approximate surface area is 160 Å². The molecule has 1 heterocycles. The van der Waals surface area contributed by atoms with E-state index in [1.807, 2.05) is 0 Å². The van der Waals surface area contributed by atoms with Gasteiger partial charge >= 0.3 is 5.97 Å². The zero-order valence-electron chi connectivity index (χ0n) is 14.5. The molecule has 1 amide bonds. The summed E-state index contributed by atoms with van der Waals surface area (Å²) < 4.78 is 16.4. The molecule has 3 aromatic carbocycles. The third kappa shape index (κ3) is 3.59. The number of carboxylic acid groups (broad SMARTS) is 1. The van der Waals surface area contributed by atoms with Gasteiger partial charge in [0.1, 0.15) is 11.5 Å². The predicted molar refractivity (Wildman–Crippen MR) is 100 cm³/mol. The van der Waals surface area contributed by atoms with Crippen molar-refractivity contribution in [2.75, 3.05) is 12.1 Å². The quantitative estimate of drug-likeness (QED) is 0.693. The summed E-state index contributed by atoms with van der Waals surface area (Å²) in [6.07, 6.45) is 0. The molecule has 1 aliphatic heterocycles. The molecule has 0 bridgehead atoms. The molecule has 4 rings (SSSR count). The maximum absolute atomic E-state index is 12.4. The molecule has 0 atom stereocenters. The fourth-order valence-electron chi connectivity index (χ4n) is 2.74. The predicted octanol–water partition coefficient (Wildman–Crippen LogP) is 4.16. The molecule has 0 saturated carbocycles. The van der Waals surface area contributed by atoms with Gasteiger partial charge in [-0.3, -0.25) is 4.79 Å². The molecule has 7 nitrogen and oxygen atoms in total. The van der Waals surface area contributed by atoms with E-state index in [2.05, 4.69) is 5.32 Å². The molecule has 140 valence electrons. The number of rotatable bonds is 5. The summed E-state index contributed by atoms with van der Waals surface area (Å²) in [6.45, 7) is 0.155. The molecule has 28 heavy (non-hydrogen) atoms. The first-order chi connectivity index (χ1) is 13.6. The van der Waals surface area contributed by atoms with Crippen LogP contribution in [0.2, 0.25) is 0 Å². The standard InChI is InChI=1S/C21H15NO6/c23-20(13-4-2-1-3-5-13)22-17-10-14(6-8-16(17)21(24)25)28-15-7-9-18-19(11-15)27-12-26-18/h1-11H,12H2,(H,22,23)(H,24,25). The van der Waals surface area contributed by atoms with Crippen LogP contribution in [-0.2, 0) is 0 Å². The molecule has 3 aromatic rings. The fraction of sp³-hybridized carbons (Fsp3) is 0.0476. The van der Waals surface area contributed by atoms with Crippen molar-refractivity contribution in [1.82, 2.24) is 0 Å². The number of nitrogens with one attached hydrogen (secondary N) is 1. The number of aromatic carboxylic acids is 1. The minimum Gasteiger partial charge on any atom is -0.478 e. The van der Waals surface area contributed by atoms with Crippen molar-refractivity contribution in [3.05, 3.63) is 77.9 Å². The number of fused-ring (bicyclic) bond motifs is 1. The molecule has 0 saturated heterocycles. The number of amides is 1. The minimum absolute atomic E-state index is 0.0395. The Hall–Kier alpha value is -4.00. The second-order valence-electron chi connectivity index (χ2n) is 5.95.